The summed E-state index contributed by atoms with van der Waals surface area (Å²) in [5, 5.41) is 7.42. The third-order valence-electron chi connectivity index (χ3n) is 5.80. The summed E-state index contributed by atoms with van der Waals surface area (Å²) in [4.78, 5) is 16.2. The van der Waals surface area contributed by atoms with E-state index >= 15 is 0 Å². The summed E-state index contributed by atoms with van der Waals surface area (Å²) in [5.74, 6) is 0.756. The van der Waals surface area contributed by atoms with E-state index in [1.165, 1.54) is 64.2 Å². The molecule has 5 heteroatoms. The average molecular weight is 392 g/mol. The van der Waals surface area contributed by atoms with Crippen LogP contribution in [0.4, 0.5) is 0 Å². The fourth-order valence-electron chi connectivity index (χ4n) is 4.06. The number of nitrogens with zero attached hydrogens (tertiary/aromatic N) is 1. The van der Waals surface area contributed by atoms with Crippen molar-refractivity contribution >= 4 is 11.9 Å². The van der Waals surface area contributed by atoms with Crippen LogP contribution < -0.4 is 10.6 Å². The molecule has 0 atom stereocenters. The topological polar surface area (TPSA) is 62.7 Å². The van der Waals surface area contributed by atoms with Gasteiger partial charge < -0.3 is 15.4 Å². The van der Waals surface area contributed by atoms with E-state index in [2.05, 4.69) is 17.2 Å². The van der Waals surface area contributed by atoms with Gasteiger partial charge >= 0.3 is 5.97 Å². The second kappa shape index (κ2) is 13.6. The first kappa shape index (κ1) is 22.8. The molecule has 160 valence electrons. The fourth-order valence-corrected chi connectivity index (χ4v) is 4.06. The van der Waals surface area contributed by atoms with E-state index in [1.807, 2.05) is 0 Å². The second-order valence-corrected chi connectivity index (χ2v) is 8.52. The van der Waals surface area contributed by atoms with E-state index in [9.17, 15) is 4.79 Å². The largest absolute Gasteiger partial charge is 0.462 e. The number of ether oxygens (including phenoxy) is 1. The van der Waals surface area contributed by atoms with Gasteiger partial charge in [-0.15, -0.1) is 0 Å². The molecule has 0 aromatic heterocycles. The lowest BCUT2D eigenvalue weighted by Crippen LogP contribution is -2.48. The normalized spacial score (nSPS) is 18.3. The SMILES string of the molecule is C=C(C)C(=O)OCCCCCCN=C(NC1CCCCC1)NC1CCCCC1. The summed E-state index contributed by atoms with van der Waals surface area (Å²) in [6.45, 7) is 6.63. The van der Waals surface area contributed by atoms with E-state index in [4.69, 9.17) is 9.73 Å². The molecule has 2 rings (SSSR count). The van der Waals surface area contributed by atoms with Crippen LogP contribution in [0.15, 0.2) is 17.1 Å². The lowest BCUT2D eigenvalue weighted by atomic mass is 9.95. The molecule has 0 spiro atoms. The third kappa shape index (κ3) is 9.61. The van der Waals surface area contributed by atoms with Crippen molar-refractivity contribution in [3.8, 4) is 0 Å². The maximum absolute atomic E-state index is 11.3. The molecule has 0 amide bonds. The van der Waals surface area contributed by atoms with Gasteiger partial charge in [-0.1, -0.05) is 51.5 Å². The minimum absolute atomic E-state index is 0.281. The quantitative estimate of drug-likeness (QED) is 0.183. The Morgan fingerprint density at radius 3 is 1.96 bits per heavy atom. The second-order valence-electron chi connectivity index (χ2n) is 8.52. The highest BCUT2D eigenvalue weighted by Crippen LogP contribution is 2.19. The van der Waals surface area contributed by atoms with Crippen molar-refractivity contribution < 1.29 is 9.53 Å². The minimum Gasteiger partial charge on any atom is -0.462 e. The van der Waals surface area contributed by atoms with Gasteiger partial charge in [0.2, 0.25) is 0 Å². The first-order valence-corrected chi connectivity index (χ1v) is 11.6. The van der Waals surface area contributed by atoms with Crippen molar-refractivity contribution in [2.75, 3.05) is 13.2 Å². The Kier molecular flexibility index (Phi) is 11.1. The monoisotopic (exact) mass is 391 g/mol. The van der Waals surface area contributed by atoms with Crippen LogP contribution >= 0.6 is 0 Å². The summed E-state index contributed by atoms with van der Waals surface area (Å²) in [5.41, 5.74) is 0.470. The van der Waals surface area contributed by atoms with Crippen LogP contribution in [0, 0.1) is 0 Å². The van der Waals surface area contributed by atoms with Crippen LogP contribution in [0.2, 0.25) is 0 Å². The summed E-state index contributed by atoms with van der Waals surface area (Å²) in [6, 6.07) is 1.18. The highest BCUT2D eigenvalue weighted by Gasteiger charge is 2.18. The minimum atomic E-state index is -0.281. The van der Waals surface area contributed by atoms with Gasteiger partial charge in [-0.25, -0.2) is 4.79 Å². The number of nitrogens with one attached hydrogen (secondary N) is 2. The van der Waals surface area contributed by atoms with Crippen molar-refractivity contribution in [3.63, 3.8) is 0 Å². The third-order valence-corrected chi connectivity index (χ3v) is 5.80. The number of esters is 1. The molecule has 0 aliphatic heterocycles. The van der Waals surface area contributed by atoms with Gasteiger partial charge in [0.15, 0.2) is 5.96 Å². The van der Waals surface area contributed by atoms with Gasteiger partial charge in [0.25, 0.3) is 0 Å². The number of carbonyl (C=O) groups excluding carboxylic acids is 1. The predicted octanol–water partition coefficient (Wildman–Crippen LogP) is 4.87. The Morgan fingerprint density at radius 2 is 1.43 bits per heavy atom. The molecule has 2 aliphatic rings. The zero-order chi connectivity index (χ0) is 20.0. The Hall–Kier alpha value is -1.52. The van der Waals surface area contributed by atoms with Crippen LogP contribution in [0.5, 0.6) is 0 Å². The van der Waals surface area contributed by atoms with Crippen LogP contribution in [0.1, 0.15) is 96.8 Å². The van der Waals surface area contributed by atoms with E-state index in [-0.39, 0.29) is 5.97 Å². The molecule has 0 unspecified atom stereocenters. The van der Waals surface area contributed by atoms with Gasteiger partial charge in [0.05, 0.1) is 6.61 Å². The number of carbonyl (C=O) groups is 1. The van der Waals surface area contributed by atoms with Crippen molar-refractivity contribution in [1.82, 2.24) is 10.6 Å². The average Bonchev–Trinajstić information content (AvgIpc) is 2.71. The molecule has 0 aromatic rings. The molecular formula is C23H41N3O2. The predicted molar refractivity (Wildman–Crippen MR) is 117 cm³/mol. The summed E-state index contributed by atoms with van der Waals surface area (Å²) >= 11 is 0. The molecule has 2 aliphatic carbocycles. The van der Waals surface area contributed by atoms with E-state index in [1.54, 1.807) is 6.92 Å². The number of unbranched alkanes of at least 4 members (excludes halogenated alkanes) is 3. The molecule has 2 saturated carbocycles. The Balaban J connectivity index is 1.66. The smallest absolute Gasteiger partial charge is 0.333 e. The van der Waals surface area contributed by atoms with Crippen LogP contribution in [0.3, 0.4) is 0 Å². The van der Waals surface area contributed by atoms with Crippen LogP contribution in [0.25, 0.3) is 0 Å². The molecule has 0 bridgehead atoms. The van der Waals surface area contributed by atoms with Crippen LogP contribution in [-0.2, 0) is 9.53 Å². The Morgan fingerprint density at radius 1 is 0.893 bits per heavy atom. The van der Waals surface area contributed by atoms with Gasteiger partial charge in [0.1, 0.15) is 0 Å². The molecule has 2 fully saturated rings. The molecule has 5 nitrogen and oxygen atoms in total. The molecule has 0 heterocycles. The zero-order valence-corrected chi connectivity index (χ0v) is 17.9. The maximum Gasteiger partial charge on any atom is 0.333 e. The highest BCUT2D eigenvalue weighted by atomic mass is 16.5. The lowest BCUT2D eigenvalue weighted by Gasteiger charge is -2.29. The van der Waals surface area contributed by atoms with Crippen molar-refractivity contribution in [3.05, 3.63) is 12.2 Å². The number of aliphatic imine (C=N–C) groups is 1. The standard InChI is InChI=1S/C23H41N3O2/c1-19(2)22(27)28-18-12-4-3-11-17-24-23(25-20-13-7-5-8-14-20)26-21-15-9-6-10-16-21/h20-21H,1,3-18H2,2H3,(H2,24,25,26). The summed E-state index contributed by atoms with van der Waals surface area (Å²) in [7, 11) is 0. The molecule has 28 heavy (non-hydrogen) atoms. The molecular weight excluding hydrogens is 350 g/mol. The summed E-state index contributed by atoms with van der Waals surface area (Å²) in [6.07, 6.45) is 17.4. The first-order chi connectivity index (χ1) is 13.6. The lowest BCUT2D eigenvalue weighted by molar-refractivity contribution is -0.139. The first-order valence-electron chi connectivity index (χ1n) is 11.6. The Bertz CT molecular complexity index is 470. The number of rotatable bonds is 10. The van der Waals surface area contributed by atoms with Crippen molar-refractivity contribution in [1.29, 1.82) is 0 Å². The highest BCUT2D eigenvalue weighted by molar-refractivity contribution is 5.86. The molecule has 0 radical (unpaired) electrons. The van der Waals surface area contributed by atoms with Gasteiger partial charge in [-0.05, 0) is 51.9 Å². The van der Waals surface area contributed by atoms with Gasteiger partial charge in [0, 0.05) is 24.2 Å². The zero-order valence-electron chi connectivity index (χ0n) is 17.9. The van der Waals surface area contributed by atoms with Crippen molar-refractivity contribution in [2.24, 2.45) is 4.99 Å². The van der Waals surface area contributed by atoms with Gasteiger partial charge in [-0.3, -0.25) is 4.99 Å². The van der Waals surface area contributed by atoms with E-state index < -0.39 is 0 Å². The number of hydrogen-bond acceptors (Lipinski definition) is 3. The summed E-state index contributed by atoms with van der Waals surface area (Å²) < 4.78 is 5.13. The van der Waals surface area contributed by atoms with Crippen LogP contribution in [-0.4, -0.2) is 37.2 Å². The molecule has 2 N–H and O–H groups in total. The van der Waals surface area contributed by atoms with E-state index in [0.717, 1.165) is 38.2 Å². The van der Waals surface area contributed by atoms with Gasteiger partial charge in [-0.2, -0.15) is 0 Å². The number of hydrogen-bond donors (Lipinski definition) is 2. The van der Waals surface area contributed by atoms with E-state index in [0.29, 0.717) is 24.3 Å². The number of guanidine groups is 1. The fraction of sp³-hybridized carbons (Fsp3) is 0.826. The maximum atomic E-state index is 11.3. The molecule has 0 aromatic carbocycles. The Labute approximate surface area is 171 Å². The molecule has 0 saturated heterocycles. The van der Waals surface area contributed by atoms with Crippen molar-refractivity contribution in [2.45, 2.75) is 109 Å².